The Bertz CT molecular complexity index is 854. The molecule has 0 fully saturated rings. The van der Waals surface area contributed by atoms with Crippen LogP contribution in [0.5, 0.6) is 17.2 Å². The summed E-state index contributed by atoms with van der Waals surface area (Å²) < 4.78 is 5.04. The van der Waals surface area contributed by atoms with Crippen LogP contribution in [0, 0.1) is 0 Å². The molecule has 0 saturated carbocycles. The van der Waals surface area contributed by atoms with Gasteiger partial charge in [0.25, 0.3) is 0 Å². The number of ketones is 1. The Balaban J connectivity index is 1.88. The molecule has 2 aromatic carbocycles. The summed E-state index contributed by atoms with van der Waals surface area (Å²) in [5.74, 6) is 0.0603. The van der Waals surface area contributed by atoms with Gasteiger partial charge in [-0.2, -0.15) is 0 Å². The lowest BCUT2D eigenvalue weighted by atomic mass is 10.0. The minimum Gasteiger partial charge on any atom is -0.512 e. The van der Waals surface area contributed by atoms with Gasteiger partial charge in [-0.05, 0) is 48.2 Å². The van der Waals surface area contributed by atoms with E-state index in [2.05, 4.69) is 0 Å². The van der Waals surface area contributed by atoms with Crippen LogP contribution in [0.25, 0.3) is 0 Å². The summed E-state index contributed by atoms with van der Waals surface area (Å²) >= 11 is 0. The van der Waals surface area contributed by atoms with Gasteiger partial charge in [-0.15, -0.1) is 0 Å². The van der Waals surface area contributed by atoms with Gasteiger partial charge in [-0.3, -0.25) is 9.59 Å². The summed E-state index contributed by atoms with van der Waals surface area (Å²) in [6, 6.07) is 9.53. The maximum atomic E-state index is 12.0. The molecule has 0 aliphatic rings. The molecule has 6 heteroatoms. The summed E-state index contributed by atoms with van der Waals surface area (Å²) in [4.78, 5) is 22.8. The molecular formula is C21H22O6. The number of allylic oxidation sites excluding steroid dienone is 2. The fourth-order valence-corrected chi connectivity index (χ4v) is 2.60. The Morgan fingerprint density at radius 2 is 1.63 bits per heavy atom. The summed E-state index contributed by atoms with van der Waals surface area (Å²) in [6.45, 7) is 0. The number of benzene rings is 2. The Hall–Kier alpha value is -3.28. The number of aliphatic hydroxyl groups excluding tert-OH is 1. The Labute approximate surface area is 157 Å². The van der Waals surface area contributed by atoms with Crippen molar-refractivity contribution in [3.8, 4) is 17.2 Å². The maximum Gasteiger partial charge on any atom is 0.160 e. The van der Waals surface area contributed by atoms with Gasteiger partial charge in [0.2, 0.25) is 0 Å². The van der Waals surface area contributed by atoms with E-state index in [1.165, 1.54) is 31.4 Å². The van der Waals surface area contributed by atoms with Crippen LogP contribution in [0.3, 0.4) is 0 Å². The number of aromatic hydroxyl groups is 2. The molecule has 0 atom stereocenters. The highest BCUT2D eigenvalue weighted by molar-refractivity contribution is 5.90. The molecule has 0 aromatic heterocycles. The lowest BCUT2D eigenvalue weighted by molar-refractivity contribution is -0.114. The normalized spacial score (nSPS) is 11.2. The Morgan fingerprint density at radius 3 is 2.30 bits per heavy atom. The molecule has 0 spiro atoms. The molecule has 0 radical (unpaired) electrons. The van der Waals surface area contributed by atoms with Crippen molar-refractivity contribution in [3.05, 3.63) is 64.9 Å². The first-order valence-electron chi connectivity index (χ1n) is 8.48. The van der Waals surface area contributed by atoms with Crippen molar-refractivity contribution in [1.82, 2.24) is 0 Å². The monoisotopic (exact) mass is 370 g/mol. The minimum atomic E-state index is -0.225. The second-order valence-electron chi connectivity index (χ2n) is 6.12. The molecule has 0 aliphatic carbocycles. The highest BCUT2D eigenvalue weighted by Gasteiger charge is 2.07. The molecular weight excluding hydrogens is 348 g/mol. The zero-order valence-corrected chi connectivity index (χ0v) is 15.0. The Kier molecular flexibility index (Phi) is 7.00. The van der Waals surface area contributed by atoms with Crippen molar-refractivity contribution in [1.29, 1.82) is 0 Å². The summed E-state index contributed by atoms with van der Waals surface area (Å²) in [7, 11) is 1.46. The van der Waals surface area contributed by atoms with Gasteiger partial charge < -0.3 is 20.1 Å². The standard InChI is InChI=1S/C21H22O6/c1-27-21-11-15(5-9-20(21)26)3-7-18(24)12-17(23)6-2-14-4-8-19(25)16(10-14)13-22/h4-5,8-13,24-26H,2-3,6-7H2,1H3/b18-12-. The van der Waals surface area contributed by atoms with Gasteiger partial charge in [0, 0.05) is 18.9 Å². The third-order valence-electron chi connectivity index (χ3n) is 4.12. The van der Waals surface area contributed by atoms with Crippen LogP contribution in [0.15, 0.2) is 48.2 Å². The van der Waals surface area contributed by atoms with E-state index >= 15 is 0 Å². The van der Waals surface area contributed by atoms with Gasteiger partial charge in [-0.1, -0.05) is 12.1 Å². The third kappa shape index (κ3) is 5.88. The number of aliphatic hydroxyl groups is 1. The van der Waals surface area contributed by atoms with E-state index in [9.17, 15) is 24.9 Å². The number of phenols is 2. The fourth-order valence-electron chi connectivity index (χ4n) is 2.60. The number of methoxy groups -OCH3 is 1. The zero-order valence-electron chi connectivity index (χ0n) is 15.0. The average Bonchev–Trinajstić information content (AvgIpc) is 2.66. The van der Waals surface area contributed by atoms with Crippen LogP contribution in [0.2, 0.25) is 0 Å². The van der Waals surface area contributed by atoms with Crippen LogP contribution in [-0.4, -0.2) is 34.5 Å². The van der Waals surface area contributed by atoms with E-state index in [1.807, 2.05) is 0 Å². The van der Waals surface area contributed by atoms with E-state index in [4.69, 9.17) is 4.74 Å². The van der Waals surface area contributed by atoms with Gasteiger partial charge in [0.15, 0.2) is 23.6 Å². The van der Waals surface area contributed by atoms with Crippen molar-refractivity contribution >= 4 is 12.1 Å². The molecule has 142 valence electrons. The predicted octanol–water partition coefficient (Wildman–Crippen LogP) is 3.50. The number of phenolic OH excluding ortho intramolecular Hbond substituents is 2. The van der Waals surface area contributed by atoms with E-state index in [1.54, 1.807) is 18.2 Å². The molecule has 27 heavy (non-hydrogen) atoms. The molecule has 2 rings (SSSR count). The first-order chi connectivity index (χ1) is 12.9. The zero-order chi connectivity index (χ0) is 19.8. The van der Waals surface area contributed by atoms with Crippen LogP contribution in [0.1, 0.15) is 34.3 Å². The number of ether oxygens (including phenoxy) is 1. The van der Waals surface area contributed by atoms with Gasteiger partial charge in [0.1, 0.15) is 5.75 Å². The summed E-state index contributed by atoms with van der Waals surface area (Å²) in [5.41, 5.74) is 1.80. The number of hydrogen-bond donors (Lipinski definition) is 3. The average molecular weight is 370 g/mol. The van der Waals surface area contributed by atoms with Crippen molar-refractivity contribution in [2.45, 2.75) is 25.7 Å². The highest BCUT2D eigenvalue weighted by Crippen LogP contribution is 2.27. The van der Waals surface area contributed by atoms with Crippen LogP contribution >= 0.6 is 0 Å². The van der Waals surface area contributed by atoms with Crippen molar-refractivity contribution < 1.29 is 29.6 Å². The molecule has 0 unspecified atom stereocenters. The molecule has 2 aromatic rings. The second kappa shape index (κ2) is 9.43. The second-order valence-corrected chi connectivity index (χ2v) is 6.12. The molecule has 0 amide bonds. The van der Waals surface area contributed by atoms with E-state index < -0.39 is 0 Å². The number of rotatable bonds is 9. The topological polar surface area (TPSA) is 104 Å². The van der Waals surface area contributed by atoms with Gasteiger partial charge in [-0.25, -0.2) is 0 Å². The third-order valence-corrected chi connectivity index (χ3v) is 4.12. The number of hydrogen-bond acceptors (Lipinski definition) is 6. The van der Waals surface area contributed by atoms with E-state index in [-0.39, 0.29) is 41.4 Å². The van der Waals surface area contributed by atoms with E-state index in [0.717, 1.165) is 11.1 Å². The highest BCUT2D eigenvalue weighted by atomic mass is 16.5. The molecule has 3 N–H and O–H groups in total. The molecule has 6 nitrogen and oxygen atoms in total. The fraction of sp³-hybridized carbons (Fsp3) is 0.238. The van der Waals surface area contributed by atoms with Crippen LogP contribution in [0.4, 0.5) is 0 Å². The SMILES string of the molecule is COc1cc(CC/C(O)=C/C(=O)CCc2ccc(O)c(C=O)c2)ccc1O. The van der Waals surface area contributed by atoms with E-state index in [0.29, 0.717) is 24.9 Å². The number of aldehydes is 1. The molecule has 0 aliphatic heterocycles. The summed E-state index contributed by atoms with van der Waals surface area (Å²) in [5, 5.41) is 29.0. The summed E-state index contributed by atoms with van der Waals surface area (Å²) in [6.07, 6.45) is 3.13. The smallest absolute Gasteiger partial charge is 0.160 e. The van der Waals surface area contributed by atoms with Crippen LogP contribution in [-0.2, 0) is 17.6 Å². The lowest BCUT2D eigenvalue weighted by Crippen LogP contribution is -2.00. The van der Waals surface area contributed by atoms with Crippen molar-refractivity contribution in [3.63, 3.8) is 0 Å². The first-order valence-corrected chi connectivity index (χ1v) is 8.48. The molecule has 0 bridgehead atoms. The van der Waals surface area contributed by atoms with Crippen LogP contribution < -0.4 is 4.74 Å². The first kappa shape index (κ1) is 20.0. The van der Waals surface area contributed by atoms with Gasteiger partial charge in [0.05, 0.1) is 18.4 Å². The molecule has 0 saturated heterocycles. The minimum absolute atomic E-state index is 0.0219. The Morgan fingerprint density at radius 1 is 1.00 bits per heavy atom. The largest absolute Gasteiger partial charge is 0.512 e. The lowest BCUT2D eigenvalue weighted by Gasteiger charge is -2.06. The van der Waals surface area contributed by atoms with Crippen molar-refractivity contribution in [2.75, 3.05) is 7.11 Å². The van der Waals surface area contributed by atoms with Gasteiger partial charge >= 0.3 is 0 Å². The maximum absolute atomic E-state index is 12.0. The number of carbonyl (C=O) groups excluding carboxylic acids is 2. The predicted molar refractivity (Wildman–Crippen MR) is 101 cm³/mol. The number of aryl methyl sites for hydroxylation is 2. The van der Waals surface area contributed by atoms with Crippen molar-refractivity contribution in [2.24, 2.45) is 0 Å². The quantitative estimate of drug-likeness (QED) is 0.355. The molecule has 0 heterocycles. The number of carbonyl (C=O) groups is 2.